The summed E-state index contributed by atoms with van der Waals surface area (Å²) in [6.07, 6.45) is 1.58. The molecule has 1 rings (SSSR count). The van der Waals surface area contributed by atoms with E-state index in [1.165, 1.54) is 12.1 Å². The molecule has 0 aromatic heterocycles. The molecular formula is C8H7ClN3O2. The zero-order chi connectivity index (χ0) is 10.7. The molecule has 0 aliphatic heterocycles. The maximum atomic E-state index is 11.2. The largest absolute Gasteiger partial charge is 0.397 e. The highest BCUT2D eigenvalue weighted by molar-refractivity contribution is 6.31. The first-order valence-corrected chi connectivity index (χ1v) is 3.96. The molecule has 1 radical (unpaired) electrons. The van der Waals surface area contributed by atoms with E-state index in [1.807, 2.05) is 5.43 Å². The molecule has 1 amide bonds. The van der Waals surface area contributed by atoms with Crippen LogP contribution in [0.3, 0.4) is 0 Å². The lowest BCUT2D eigenvalue weighted by molar-refractivity contribution is 0.0954. The van der Waals surface area contributed by atoms with Crippen molar-refractivity contribution in [2.24, 2.45) is 5.84 Å². The van der Waals surface area contributed by atoms with Gasteiger partial charge in [0.25, 0.3) is 5.91 Å². The molecule has 73 valence electrons. The summed E-state index contributed by atoms with van der Waals surface area (Å²) in [6, 6.07) is 2.64. The monoisotopic (exact) mass is 212 g/mol. The fourth-order valence-electron chi connectivity index (χ4n) is 0.968. The van der Waals surface area contributed by atoms with Crippen molar-refractivity contribution in [1.29, 1.82) is 0 Å². The zero-order valence-corrected chi connectivity index (χ0v) is 7.76. The predicted octanol–water partition coefficient (Wildman–Crippen LogP) is -0.0165. The van der Waals surface area contributed by atoms with E-state index in [2.05, 4.69) is 0 Å². The Balaban J connectivity index is 3.36. The van der Waals surface area contributed by atoms with E-state index in [9.17, 15) is 9.59 Å². The number of anilines is 1. The van der Waals surface area contributed by atoms with Gasteiger partial charge in [0, 0.05) is 5.02 Å². The smallest absolute Gasteiger partial charge is 0.267 e. The molecule has 0 heterocycles. The lowest BCUT2D eigenvalue weighted by atomic mass is 10.1. The van der Waals surface area contributed by atoms with Crippen molar-refractivity contribution in [2.75, 3.05) is 5.73 Å². The van der Waals surface area contributed by atoms with Crippen molar-refractivity contribution in [2.45, 2.75) is 0 Å². The number of benzene rings is 1. The number of hydrogen-bond donors (Lipinski definition) is 3. The van der Waals surface area contributed by atoms with Gasteiger partial charge in [0.05, 0.1) is 16.8 Å². The van der Waals surface area contributed by atoms with E-state index in [1.54, 1.807) is 6.29 Å². The topological polar surface area (TPSA) is 98.2 Å². The molecule has 0 bridgehead atoms. The van der Waals surface area contributed by atoms with Crippen molar-refractivity contribution in [3.8, 4) is 0 Å². The van der Waals surface area contributed by atoms with E-state index in [0.717, 1.165) is 0 Å². The number of rotatable bonds is 2. The quantitative estimate of drug-likeness (QED) is 0.278. The normalized spacial score (nSPS) is 9.57. The van der Waals surface area contributed by atoms with Crippen LogP contribution in [0.15, 0.2) is 12.1 Å². The number of nitrogen functional groups attached to an aromatic ring is 2. The van der Waals surface area contributed by atoms with Gasteiger partial charge in [0.1, 0.15) is 0 Å². The van der Waals surface area contributed by atoms with Crippen molar-refractivity contribution in [3.63, 3.8) is 0 Å². The Morgan fingerprint density at radius 1 is 1.50 bits per heavy atom. The second kappa shape index (κ2) is 4.08. The maximum absolute atomic E-state index is 11.2. The number of nitrogens with one attached hydrogen (secondary N) is 1. The number of carbonyl (C=O) groups is 1. The summed E-state index contributed by atoms with van der Waals surface area (Å²) in [5, 5.41) is 0.219. The van der Waals surface area contributed by atoms with E-state index in [-0.39, 0.29) is 21.8 Å². The second-order valence-electron chi connectivity index (χ2n) is 2.49. The molecule has 0 saturated carbocycles. The van der Waals surface area contributed by atoms with Gasteiger partial charge in [0.2, 0.25) is 6.29 Å². The summed E-state index contributed by atoms with van der Waals surface area (Å²) >= 11 is 5.65. The molecule has 1 aromatic rings. The fraction of sp³-hybridized carbons (Fsp3) is 0. The third kappa shape index (κ3) is 1.84. The number of halogens is 1. The Hall–Kier alpha value is -1.59. The van der Waals surface area contributed by atoms with Crippen LogP contribution in [0.25, 0.3) is 0 Å². The standard InChI is InChI=1S/C8H7ClN3O2/c9-5-1-4(3-13)7(10)6(2-5)8(14)12-11/h1-2H,10-11H2,(H,12,14). The van der Waals surface area contributed by atoms with Gasteiger partial charge in [-0.2, -0.15) is 0 Å². The maximum Gasteiger partial charge on any atom is 0.267 e. The lowest BCUT2D eigenvalue weighted by Crippen LogP contribution is -2.30. The van der Waals surface area contributed by atoms with Gasteiger partial charge in [0.15, 0.2) is 0 Å². The van der Waals surface area contributed by atoms with E-state index < -0.39 is 5.91 Å². The van der Waals surface area contributed by atoms with Gasteiger partial charge in [-0.15, -0.1) is 0 Å². The van der Waals surface area contributed by atoms with Crippen molar-refractivity contribution in [3.05, 3.63) is 28.3 Å². The van der Waals surface area contributed by atoms with Crippen molar-refractivity contribution in [1.82, 2.24) is 5.43 Å². The first kappa shape index (κ1) is 10.5. The fourth-order valence-corrected chi connectivity index (χ4v) is 1.19. The molecule has 0 saturated heterocycles. The third-order valence-electron chi connectivity index (χ3n) is 1.63. The number of hydrazine groups is 1. The number of amides is 1. The second-order valence-corrected chi connectivity index (χ2v) is 2.93. The van der Waals surface area contributed by atoms with Gasteiger partial charge < -0.3 is 5.73 Å². The molecule has 0 fully saturated rings. The highest BCUT2D eigenvalue weighted by Gasteiger charge is 2.13. The van der Waals surface area contributed by atoms with Gasteiger partial charge in [-0.25, -0.2) is 5.84 Å². The molecule has 14 heavy (non-hydrogen) atoms. The van der Waals surface area contributed by atoms with Crippen LogP contribution in [0.2, 0.25) is 5.02 Å². The summed E-state index contributed by atoms with van der Waals surface area (Å²) in [6.45, 7) is 0. The predicted molar refractivity (Wildman–Crippen MR) is 52.3 cm³/mol. The minimum absolute atomic E-state index is 0.00681. The minimum Gasteiger partial charge on any atom is -0.397 e. The van der Waals surface area contributed by atoms with Crippen LogP contribution >= 0.6 is 11.6 Å². The highest BCUT2D eigenvalue weighted by Crippen LogP contribution is 2.21. The number of carbonyl (C=O) groups excluding carboxylic acids is 2. The first-order valence-electron chi connectivity index (χ1n) is 3.58. The van der Waals surface area contributed by atoms with Gasteiger partial charge in [-0.3, -0.25) is 15.0 Å². The van der Waals surface area contributed by atoms with Gasteiger partial charge >= 0.3 is 0 Å². The van der Waals surface area contributed by atoms with Crippen LogP contribution in [0.4, 0.5) is 5.69 Å². The summed E-state index contributed by atoms with van der Waals surface area (Å²) in [5.41, 5.74) is 7.49. The average molecular weight is 213 g/mol. The van der Waals surface area contributed by atoms with Gasteiger partial charge in [-0.05, 0) is 12.1 Å². The summed E-state index contributed by atoms with van der Waals surface area (Å²) in [5.74, 6) is 4.31. The van der Waals surface area contributed by atoms with E-state index in [4.69, 9.17) is 23.2 Å². The van der Waals surface area contributed by atoms with Crippen molar-refractivity contribution < 1.29 is 9.59 Å². The SMILES string of the molecule is NNC(=O)c1cc(Cl)cc([C]=O)c1N. The summed E-state index contributed by atoms with van der Waals surface area (Å²) < 4.78 is 0. The third-order valence-corrected chi connectivity index (χ3v) is 1.85. The van der Waals surface area contributed by atoms with Crippen LogP contribution in [0, 0.1) is 0 Å². The van der Waals surface area contributed by atoms with E-state index in [0.29, 0.717) is 0 Å². The highest BCUT2D eigenvalue weighted by atomic mass is 35.5. The lowest BCUT2D eigenvalue weighted by Gasteiger charge is -2.06. The minimum atomic E-state index is -0.610. The first-order chi connectivity index (χ1) is 6.60. The van der Waals surface area contributed by atoms with Crippen LogP contribution < -0.4 is 17.0 Å². The Labute approximate surface area is 85.0 Å². The molecule has 6 heteroatoms. The van der Waals surface area contributed by atoms with Crippen molar-refractivity contribution >= 4 is 29.5 Å². The number of nitrogens with two attached hydrogens (primary N) is 2. The van der Waals surface area contributed by atoms with Crippen LogP contribution in [0.5, 0.6) is 0 Å². The molecular weight excluding hydrogens is 206 g/mol. The Bertz CT molecular complexity index is 392. The van der Waals surface area contributed by atoms with Crippen LogP contribution in [0.1, 0.15) is 15.9 Å². The molecule has 1 aromatic carbocycles. The molecule has 5 nitrogen and oxygen atoms in total. The molecule has 0 spiro atoms. The Morgan fingerprint density at radius 3 is 2.64 bits per heavy atom. The summed E-state index contributed by atoms with van der Waals surface area (Å²) in [4.78, 5) is 21.6. The van der Waals surface area contributed by atoms with Crippen LogP contribution in [-0.4, -0.2) is 12.2 Å². The molecule has 0 atom stereocenters. The van der Waals surface area contributed by atoms with Gasteiger partial charge in [-0.1, -0.05) is 11.6 Å². The van der Waals surface area contributed by atoms with Crippen LogP contribution in [-0.2, 0) is 4.79 Å². The van der Waals surface area contributed by atoms with E-state index >= 15 is 0 Å². The Kier molecular flexibility index (Phi) is 3.06. The average Bonchev–Trinajstić information content (AvgIpc) is 2.19. The zero-order valence-electron chi connectivity index (χ0n) is 7.00. The molecule has 0 aliphatic rings. The number of hydrogen-bond acceptors (Lipinski definition) is 4. The Morgan fingerprint density at radius 2 is 2.14 bits per heavy atom. The molecule has 0 unspecified atom stereocenters. The molecule has 5 N–H and O–H groups in total. The summed E-state index contributed by atoms with van der Waals surface area (Å²) in [7, 11) is 0. The molecule has 0 aliphatic carbocycles.